The van der Waals surface area contributed by atoms with E-state index in [0.29, 0.717) is 10.8 Å². The van der Waals surface area contributed by atoms with Crippen LogP contribution >= 0.6 is 27.3 Å². The van der Waals surface area contributed by atoms with Crippen molar-refractivity contribution in [2.24, 2.45) is 0 Å². The number of halogens is 1. The molecule has 1 heterocycles. The van der Waals surface area contributed by atoms with Crippen LogP contribution in [0, 0.1) is 12.3 Å². The number of aromatic nitrogens is 1. The zero-order valence-electron chi connectivity index (χ0n) is 13.5. The number of hydrogen-bond donors (Lipinski definition) is 4. The Hall–Kier alpha value is -1.92. The average Bonchev–Trinajstić information content (AvgIpc) is 3.08. The third-order valence-corrected chi connectivity index (χ3v) is 4.94. The number of thiazole rings is 1. The highest BCUT2D eigenvalue weighted by Gasteiger charge is 2.29. The molecule has 0 fully saturated rings. The van der Waals surface area contributed by atoms with Gasteiger partial charge in [0, 0.05) is 16.4 Å². The van der Waals surface area contributed by atoms with E-state index in [1.807, 2.05) is 31.2 Å². The van der Waals surface area contributed by atoms with Crippen LogP contribution in [0.25, 0.3) is 0 Å². The molecule has 25 heavy (non-hydrogen) atoms. The molecule has 2 aromatic rings. The minimum atomic E-state index is -1.00. The smallest absolute Gasteiger partial charge is 0.321 e. The molecule has 2 atom stereocenters. The van der Waals surface area contributed by atoms with Crippen LogP contribution in [0.15, 0.2) is 34.1 Å². The summed E-state index contributed by atoms with van der Waals surface area (Å²) in [6, 6.07) is 7.17. The Labute approximate surface area is 158 Å². The molecule has 2 amide bonds. The maximum Gasteiger partial charge on any atom is 0.321 e. The largest absolute Gasteiger partial charge is 0.394 e. The predicted octanol–water partition coefficient (Wildman–Crippen LogP) is 2.32. The molecule has 6 nitrogen and oxygen atoms in total. The van der Waals surface area contributed by atoms with Crippen LogP contribution in [0.1, 0.15) is 18.2 Å². The molecule has 0 bridgehead atoms. The predicted molar refractivity (Wildman–Crippen MR) is 102 cm³/mol. The molecule has 0 spiro atoms. The van der Waals surface area contributed by atoms with Crippen LogP contribution in [0.5, 0.6) is 0 Å². The van der Waals surface area contributed by atoms with Gasteiger partial charge in [-0.3, -0.25) is 5.32 Å². The van der Waals surface area contributed by atoms with Crippen LogP contribution in [0.2, 0.25) is 0 Å². The quantitative estimate of drug-likeness (QED) is 0.536. The molecule has 4 N–H and O–H groups in total. The Bertz CT molecular complexity index is 772. The van der Waals surface area contributed by atoms with E-state index in [-0.39, 0.29) is 6.54 Å². The summed E-state index contributed by atoms with van der Waals surface area (Å²) in [5.41, 5.74) is 0.860. The summed E-state index contributed by atoms with van der Waals surface area (Å²) in [5.74, 6) is 2.78. The summed E-state index contributed by atoms with van der Waals surface area (Å²) in [6.07, 6.45) is 4.77. The van der Waals surface area contributed by atoms with Crippen molar-refractivity contribution >= 4 is 38.4 Å². The van der Waals surface area contributed by atoms with Gasteiger partial charge in [-0.2, -0.15) is 0 Å². The second-order valence-corrected chi connectivity index (χ2v) is 7.26. The molecule has 0 saturated heterocycles. The first-order valence-electron chi connectivity index (χ1n) is 7.42. The maximum atomic E-state index is 11.8. The van der Waals surface area contributed by atoms with E-state index in [1.54, 1.807) is 5.38 Å². The number of anilines is 1. The number of aliphatic hydroxyl groups is 2. The fourth-order valence-electron chi connectivity index (χ4n) is 2.07. The fraction of sp³-hybridized carbons (Fsp3) is 0.294. The highest BCUT2D eigenvalue weighted by Crippen LogP contribution is 2.33. The second kappa shape index (κ2) is 8.45. The van der Waals surface area contributed by atoms with Gasteiger partial charge in [0.25, 0.3) is 0 Å². The first kappa shape index (κ1) is 19.4. The zero-order chi connectivity index (χ0) is 18.4. The van der Waals surface area contributed by atoms with Crippen molar-refractivity contribution in [2.75, 3.05) is 18.5 Å². The summed E-state index contributed by atoms with van der Waals surface area (Å²) in [7, 11) is 0. The number of terminal acetylenes is 1. The number of hydrogen-bond acceptors (Lipinski definition) is 5. The Balaban J connectivity index is 2.12. The fourth-order valence-corrected chi connectivity index (χ4v) is 3.14. The number of urea groups is 1. The Kier molecular flexibility index (Phi) is 6.56. The van der Waals surface area contributed by atoms with Crippen LogP contribution in [0.4, 0.5) is 9.93 Å². The van der Waals surface area contributed by atoms with Crippen molar-refractivity contribution in [1.29, 1.82) is 0 Å². The topological polar surface area (TPSA) is 94.5 Å². The first-order chi connectivity index (χ1) is 11.9. The van der Waals surface area contributed by atoms with Crippen LogP contribution in [-0.2, 0) is 5.41 Å². The molecule has 2 rings (SSSR count). The zero-order valence-corrected chi connectivity index (χ0v) is 15.9. The second-order valence-electron chi connectivity index (χ2n) is 5.49. The van der Waals surface area contributed by atoms with Crippen LogP contribution in [-0.4, -0.2) is 40.5 Å². The molecule has 0 aliphatic rings. The van der Waals surface area contributed by atoms with E-state index in [1.165, 1.54) is 11.3 Å². The molecule has 1 aromatic heterocycles. The van der Waals surface area contributed by atoms with E-state index >= 15 is 0 Å². The number of nitrogens with one attached hydrogen (secondary N) is 2. The standard InChI is InChI=1S/C17H18BrN3O3S/c1-3-17(2,11-4-6-12(18)7-5-11)14-10-25-16(20-14)21-15(24)19-8-13(23)9-22/h1,4-7,10,13,22-23H,8-9H2,2H3,(H2,19,20,21,24)/t13?,17-/m0/s1. The number of rotatable bonds is 6. The van der Waals surface area contributed by atoms with Crippen molar-refractivity contribution in [2.45, 2.75) is 18.4 Å². The summed E-state index contributed by atoms with van der Waals surface area (Å²) in [5, 5.41) is 25.2. The van der Waals surface area contributed by atoms with Gasteiger partial charge < -0.3 is 15.5 Å². The van der Waals surface area contributed by atoms with Gasteiger partial charge >= 0.3 is 6.03 Å². The number of carbonyl (C=O) groups is 1. The lowest BCUT2D eigenvalue weighted by molar-refractivity contribution is 0.0965. The lowest BCUT2D eigenvalue weighted by atomic mass is 9.81. The number of benzene rings is 1. The van der Waals surface area contributed by atoms with E-state index in [4.69, 9.17) is 11.5 Å². The molecule has 1 unspecified atom stereocenters. The van der Waals surface area contributed by atoms with E-state index in [9.17, 15) is 9.90 Å². The summed E-state index contributed by atoms with van der Waals surface area (Å²) in [6.45, 7) is 1.42. The molecule has 0 saturated carbocycles. The van der Waals surface area contributed by atoms with Gasteiger partial charge in [-0.15, -0.1) is 17.8 Å². The van der Waals surface area contributed by atoms with Crippen molar-refractivity contribution < 1.29 is 15.0 Å². The third-order valence-electron chi connectivity index (χ3n) is 3.66. The number of aliphatic hydroxyl groups excluding tert-OH is 2. The minimum absolute atomic E-state index is 0.0540. The SMILES string of the molecule is C#C[C@@](C)(c1ccc(Br)cc1)c1csc(NC(=O)NCC(O)CO)n1. The summed E-state index contributed by atoms with van der Waals surface area (Å²) in [4.78, 5) is 16.2. The van der Waals surface area contributed by atoms with Gasteiger partial charge in [0.15, 0.2) is 5.13 Å². The van der Waals surface area contributed by atoms with E-state index in [0.717, 1.165) is 10.0 Å². The van der Waals surface area contributed by atoms with E-state index < -0.39 is 24.2 Å². The third kappa shape index (κ3) is 4.80. The minimum Gasteiger partial charge on any atom is -0.394 e. The molecule has 0 aliphatic carbocycles. The van der Waals surface area contributed by atoms with Crippen LogP contribution < -0.4 is 10.6 Å². The number of amides is 2. The molecular weight excluding hydrogens is 406 g/mol. The lowest BCUT2D eigenvalue weighted by Crippen LogP contribution is -2.36. The van der Waals surface area contributed by atoms with Gasteiger partial charge in [0.1, 0.15) is 0 Å². The molecule has 8 heteroatoms. The Morgan fingerprint density at radius 1 is 1.48 bits per heavy atom. The molecule has 0 aliphatic heterocycles. The van der Waals surface area contributed by atoms with Crippen molar-refractivity contribution in [3.63, 3.8) is 0 Å². The van der Waals surface area contributed by atoms with Gasteiger partial charge in [-0.25, -0.2) is 9.78 Å². The average molecular weight is 424 g/mol. The highest BCUT2D eigenvalue weighted by atomic mass is 79.9. The van der Waals surface area contributed by atoms with Gasteiger partial charge in [0.2, 0.25) is 0 Å². The van der Waals surface area contributed by atoms with E-state index in [2.05, 4.69) is 37.5 Å². The van der Waals surface area contributed by atoms with Crippen molar-refractivity contribution in [1.82, 2.24) is 10.3 Å². The number of nitrogens with zero attached hydrogens (tertiary/aromatic N) is 1. The Morgan fingerprint density at radius 2 is 2.16 bits per heavy atom. The summed E-state index contributed by atoms with van der Waals surface area (Å²) >= 11 is 4.66. The van der Waals surface area contributed by atoms with Crippen LogP contribution in [0.3, 0.4) is 0 Å². The van der Waals surface area contributed by atoms with Gasteiger partial charge in [-0.05, 0) is 24.6 Å². The lowest BCUT2D eigenvalue weighted by Gasteiger charge is -2.22. The first-order valence-corrected chi connectivity index (χ1v) is 9.10. The maximum absolute atomic E-state index is 11.8. The van der Waals surface area contributed by atoms with Crippen molar-refractivity contribution in [3.8, 4) is 12.3 Å². The van der Waals surface area contributed by atoms with Crippen molar-refractivity contribution in [3.05, 3.63) is 45.4 Å². The van der Waals surface area contributed by atoms with Gasteiger partial charge in [0.05, 0.1) is 23.8 Å². The molecule has 0 radical (unpaired) electrons. The highest BCUT2D eigenvalue weighted by molar-refractivity contribution is 9.10. The number of carbonyl (C=O) groups excluding carboxylic acids is 1. The Morgan fingerprint density at radius 3 is 2.76 bits per heavy atom. The monoisotopic (exact) mass is 423 g/mol. The summed E-state index contributed by atoms with van der Waals surface area (Å²) < 4.78 is 0.956. The molecule has 132 valence electrons. The normalized spacial score (nSPS) is 14.2. The molecule has 1 aromatic carbocycles. The van der Waals surface area contributed by atoms with Gasteiger partial charge in [-0.1, -0.05) is 34.0 Å². The molecular formula is C17H18BrN3O3S.